The van der Waals surface area contributed by atoms with E-state index >= 15 is 0 Å². The lowest BCUT2D eigenvalue weighted by Crippen LogP contribution is -2.52. The zero-order valence-electron chi connectivity index (χ0n) is 6.54. The van der Waals surface area contributed by atoms with Gasteiger partial charge in [0.2, 0.25) is 0 Å². The molecule has 0 bridgehead atoms. The Bertz CT molecular complexity index is 170. The first kappa shape index (κ1) is 8.87. The van der Waals surface area contributed by atoms with Crippen molar-refractivity contribution in [3.8, 4) is 0 Å². The summed E-state index contributed by atoms with van der Waals surface area (Å²) in [6.07, 6.45) is 3.83. The number of nitrogens with two attached hydrogens (primary N) is 1. The molecule has 1 fully saturated rings. The molecule has 0 aliphatic heterocycles. The number of hydrogen-bond acceptors (Lipinski definition) is 3. The van der Waals surface area contributed by atoms with Crippen LogP contribution in [0, 0.1) is 5.92 Å². The third-order valence-corrected chi connectivity index (χ3v) is 2.85. The van der Waals surface area contributed by atoms with Gasteiger partial charge in [0, 0.05) is 5.75 Å². The van der Waals surface area contributed by atoms with E-state index < -0.39 is 11.5 Å². The fourth-order valence-corrected chi connectivity index (χ4v) is 2.03. The molecule has 1 unspecified atom stereocenters. The third-order valence-electron chi connectivity index (χ3n) is 2.09. The number of carboxylic acid groups (broad SMARTS) is 1. The Hall–Kier alpha value is -0.220. The molecule has 0 aromatic carbocycles. The Kier molecular flexibility index (Phi) is 2.44. The predicted molar refractivity (Wildman–Crippen MR) is 45.7 cm³/mol. The highest BCUT2D eigenvalue weighted by molar-refractivity contribution is 7.98. The average molecular weight is 175 g/mol. The van der Waals surface area contributed by atoms with Crippen LogP contribution in [-0.2, 0) is 4.79 Å². The van der Waals surface area contributed by atoms with Crippen LogP contribution in [-0.4, -0.2) is 28.6 Å². The largest absolute Gasteiger partial charge is 0.480 e. The highest BCUT2D eigenvalue weighted by atomic mass is 32.2. The van der Waals surface area contributed by atoms with Crippen molar-refractivity contribution in [1.82, 2.24) is 0 Å². The second-order valence-corrected chi connectivity index (χ2v) is 3.92. The van der Waals surface area contributed by atoms with Crippen molar-refractivity contribution in [2.24, 2.45) is 11.7 Å². The van der Waals surface area contributed by atoms with Crippen LogP contribution in [0.4, 0.5) is 0 Å². The number of carbonyl (C=O) groups is 1. The van der Waals surface area contributed by atoms with Gasteiger partial charge in [-0.15, -0.1) is 0 Å². The van der Waals surface area contributed by atoms with Crippen molar-refractivity contribution in [3.05, 3.63) is 0 Å². The molecule has 0 spiro atoms. The van der Waals surface area contributed by atoms with Crippen molar-refractivity contribution in [2.75, 3.05) is 12.0 Å². The van der Waals surface area contributed by atoms with Crippen molar-refractivity contribution in [1.29, 1.82) is 0 Å². The first-order valence-corrected chi connectivity index (χ1v) is 5.02. The molecular weight excluding hydrogens is 162 g/mol. The van der Waals surface area contributed by atoms with E-state index in [1.54, 1.807) is 0 Å². The van der Waals surface area contributed by atoms with Crippen molar-refractivity contribution in [2.45, 2.75) is 18.4 Å². The molecule has 64 valence electrons. The monoisotopic (exact) mass is 175 g/mol. The van der Waals surface area contributed by atoms with Crippen LogP contribution in [0.3, 0.4) is 0 Å². The van der Waals surface area contributed by atoms with Crippen LogP contribution < -0.4 is 5.73 Å². The summed E-state index contributed by atoms with van der Waals surface area (Å²) < 4.78 is 0. The Balaban J connectivity index is 2.61. The molecule has 1 aliphatic carbocycles. The van der Waals surface area contributed by atoms with Crippen LogP contribution >= 0.6 is 11.8 Å². The average Bonchev–Trinajstić information content (AvgIpc) is 2.68. The number of rotatable bonds is 4. The minimum atomic E-state index is -0.959. The van der Waals surface area contributed by atoms with Gasteiger partial charge in [0.15, 0.2) is 0 Å². The lowest BCUT2D eigenvalue weighted by atomic mass is 9.98. The maximum atomic E-state index is 10.8. The summed E-state index contributed by atoms with van der Waals surface area (Å²) >= 11 is 1.50. The molecule has 3 N–H and O–H groups in total. The van der Waals surface area contributed by atoms with Gasteiger partial charge in [-0.05, 0) is 25.0 Å². The topological polar surface area (TPSA) is 63.3 Å². The molecule has 1 rings (SSSR count). The van der Waals surface area contributed by atoms with Gasteiger partial charge in [-0.1, -0.05) is 0 Å². The predicted octanol–water partition coefficient (Wildman–Crippen LogP) is 0.541. The van der Waals surface area contributed by atoms with Gasteiger partial charge in [-0.3, -0.25) is 4.79 Å². The summed E-state index contributed by atoms with van der Waals surface area (Å²) in [6, 6.07) is 0. The molecule has 1 saturated carbocycles. The van der Waals surface area contributed by atoms with E-state index in [0.717, 1.165) is 12.8 Å². The summed E-state index contributed by atoms with van der Waals surface area (Å²) in [6.45, 7) is 0. The smallest absolute Gasteiger partial charge is 0.324 e. The summed E-state index contributed by atoms with van der Waals surface area (Å²) in [5.74, 6) is -0.116. The van der Waals surface area contributed by atoms with Crippen LogP contribution in [0.5, 0.6) is 0 Å². The van der Waals surface area contributed by atoms with Gasteiger partial charge >= 0.3 is 5.97 Å². The Morgan fingerprint density at radius 2 is 2.36 bits per heavy atom. The number of aliphatic carboxylic acids is 1. The first-order valence-electron chi connectivity index (χ1n) is 3.62. The molecule has 0 heterocycles. The van der Waals surface area contributed by atoms with E-state index in [4.69, 9.17) is 10.8 Å². The normalized spacial score (nSPS) is 22.7. The quantitative estimate of drug-likeness (QED) is 0.654. The summed E-state index contributed by atoms with van der Waals surface area (Å²) in [5.41, 5.74) is 4.78. The van der Waals surface area contributed by atoms with Crippen LogP contribution in [0.2, 0.25) is 0 Å². The van der Waals surface area contributed by atoms with E-state index in [1.807, 2.05) is 6.26 Å². The molecule has 0 aromatic rings. The molecule has 0 saturated heterocycles. The lowest BCUT2D eigenvalue weighted by molar-refractivity contribution is -0.143. The first-order chi connectivity index (χ1) is 5.11. The second kappa shape index (κ2) is 3.03. The summed E-state index contributed by atoms with van der Waals surface area (Å²) in [5, 5.41) is 8.84. The van der Waals surface area contributed by atoms with E-state index in [2.05, 4.69) is 0 Å². The third kappa shape index (κ3) is 1.68. The number of thioether (sulfide) groups is 1. The molecule has 1 atom stereocenters. The fourth-order valence-electron chi connectivity index (χ4n) is 1.19. The minimum Gasteiger partial charge on any atom is -0.480 e. The zero-order chi connectivity index (χ0) is 8.48. The fraction of sp³-hybridized carbons (Fsp3) is 0.857. The SMILES string of the molecule is CSCC(N)(C(=O)O)C1CC1. The Morgan fingerprint density at radius 3 is 2.64 bits per heavy atom. The molecule has 3 nitrogen and oxygen atoms in total. The van der Waals surface area contributed by atoms with Gasteiger partial charge in [0.05, 0.1) is 0 Å². The standard InChI is InChI=1S/C7H13NO2S/c1-11-4-7(8,6(9)10)5-2-3-5/h5H,2-4,8H2,1H3,(H,9,10). The van der Waals surface area contributed by atoms with E-state index in [-0.39, 0.29) is 5.92 Å². The molecule has 1 aliphatic rings. The molecular formula is C7H13NO2S. The highest BCUT2D eigenvalue weighted by Crippen LogP contribution is 2.39. The molecule has 0 aromatic heterocycles. The minimum absolute atomic E-state index is 0.215. The van der Waals surface area contributed by atoms with Crippen molar-refractivity contribution in [3.63, 3.8) is 0 Å². The van der Waals surface area contributed by atoms with E-state index in [0.29, 0.717) is 5.75 Å². The zero-order valence-corrected chi connectivity index (χ0v) is 7.36. The second-order valence-electron chi connectivity index (χ2n) is 3.05. The summed E-state index contributed by atoms with van der Waals surface area (Å²) in [4.78, 5) is 10.8. The maximum Gasteiger partial charge on any atom is 0.324 e. The van der Waals surface area contributed by atoms with Gasteiger partial charge in [0.25, 0.3) is 0 Å². The molecule has 4 heteroatoms. The van der Waals surface area contributed by atoms with E-state index in [1.165, 1.54) is 11.8 Å². The number of hydrogen-bond donors (Lipinski definition) is 2. The van der Waals surface area contributed by atoms with Crippen LogP contribution in [0.25, 0.3) is 0 Å². The van der Waals surface area contributed by atoms with E-state index in [9.17, 15) is 4.79 Å². The summed E-state index contributed by atoms with van der Waals surface area (Å²) in [7, 11) is 0. The molecule has 11 heavy (non-hydrogen) atoms. The lowest BCUT2D eigenvalue weighted by Gasteiger charge is -2.22. The van der Waals surface area contributed by atoms with Gasteiger partial charge in [-0.25, -0.2) is 0 Å². The highest BCUT2D eigenvalue weighted by Gasteiger charge is 2.47. The maximum absolute atomic E-state index is 10.8. The van der Waals surface area contributed by atoms with Crippen LogP contribution in [0.15, 0.2) is 0 Å². The molecule has 0 amide bonds. The van der Waals surface area contributed by atoms with Crippen molar-refractivity contribution >= 4 is 17.7 Å². The molecule has 0 radical (unpaired) electrons. The van der Waals surface area contributed by atoms with Gasteiger partial charge in [0.1, 0.15) is 5.54 Å². The van der Waals surface area contributed by atoms with Crippen molar-refractivity contribution < 1.29 is 9.90 Å². The number of carboxylic acids is 1. The van der Waals surface area contributed by atoms with Crippen LogP contribution in [0.1, 0.15) is 12.8 Å². The van der Waals surface area contributed by atoms with Gasteiger partial charge < -0.3 is 10.8 Å². The van der Waals surface area contributed by atoms with Gasteiger partial charge in [-0.2, -0.15) is 11.8 Å². The Morgan fingerprint density at radius 1 is 1.82 bits per heavy atom. The Labute approximate surface area is 70.3 Å².